The van der Waals surface area contributed by atoms with E-state index in [1.165, 1.54) is 26.4 Å². The number of halogens is 1. The first kappa shape index (κ1) is 20.2. The summed E-state index contributed by atoms with van der Waals surface area (Å²) in [5.41, 5.74) is 1.78. The minimum atomic E-state index is -0.525. The van der Waals surface area contributed by atoms with Crippen molar-refractivity contribution in [2.75, 3.05) is 25.5 Å². The fourth-order valence-corrected chi connectivity index (χ4v) is 5.39. The van der Waals surface area contributed by atoms with Crippen LogP contribution < -0.4 is 5.32 Å². The fraction of sp³-hybridized carbons (Fsp3) is 0.545. The second-order valence-electron chi connectivity index (χ2n) is 9.18. The highest BCUT2D eigenvalue weighted by Crippen LogP contribution is 2.45. The van der Waals surface area contributed by atoms with Gasteiger partial charge in [-0.2, -0.15) is 0 Å². The lowest BCUT2D eigenvalue weighted by Crippen LogP contribution is -2.35. The molecule has 2 aromatic rings. The van der Waals surface area contributed by atoms with E-state index in [0.717, 1.165) is 24.5 Å². The second-order valence-corrected chi connectivity index (χ2v) is 9.61. The average molecular weight is 418 g/mol. The van der Waals surface area contributed by atoms with Crippen molar-refractivity contribution in [3.8, 4) is 0 Å². The molecule has 2 N–H and O–H groups in total. The number of esters is 1. The number of aromatic amines is 1. The van der Waals surface area contributed by atoms with Gasteiger partial charge in [0.1, 0.15) is 5.69 Å². The number of fused-ring (bicyclic) bond motifs is 3. The normalized spacial score (nSPS) is 23.3. The number of nitrogens with zero attached hydrogens (tertiary/aromatic N) is 1. The number of anilines is 1. The number of likely N-dealkylation sites (tertiary alicyclic amines) is 1. The van der Waals surface area contributed by atoms with Gasteiger partial charge in [0.15, 0.2) is 0 Å². The van der Waals surface area contributed by atoms with E-state index in [4.69, 9.17) is 16.3 Å². The Morgan fingerprint density at radius 1 is 1.34 bits per heavy atom. The smallest absolute Gasteiger partial charge is 0.356 e. The molecule has 1 saturated carbocycles. The first-order valence-corrected chi connectivity index (χ1v) is 10.6. The Labute approximate surface area is 175 Å². The predicted molar refractivity (Wildman–Crippen MR) is 114 cm³/mol. The van der Waals surface area contributed by atoms with Crippen molar-refractivity contribution in [1.29, 1.82) is 0 Å². The second kappa shape index (κ2) is 7.65. The third-order valence-corrected chi connectivity index (χ3v) is 6.52. The molecule has 1 aromatic heterocycles. The number of hydrogen-bond donors (Lipinski definition) is 2. The zero-order valence-corrected chi connectivity index (χ0v) is 17.9. The molecule has 0 spiro atoms. The number of H-pyrrole nitrogens is 1. The minimum Gasteiger partial charge on any atom is -0.464 e. The highest BCUT2D eigenvalue weighted by molar-refractivity contribution is 6.31. The summed E-state index contributed by atoms with van der Waals surface area (Å²) in [6.45, 7) is 6.51. The first-order valence-electron chi connectivity index (χ1n) is 10.2. The Hall–Kier alpha value is -2.05. The quantitative estimate of drug-likeness (QED) is 0.705. The van der Waals surface area contributed by atoms with Crippen LogP contribution in [0.25, 0.3) is 10.9 Å². The van der Waals surface area contributed by atoms with Crippen LogP contribution in [0.15, 0.2) is 18.2 Å². The standard InChI is InChI=1S/C22H28ClN3O3/c1-22(2)10-13-8-15(11-22)26(12-13)7-6-18(27)25-19-16-9-14(23)4-5-17(16)24-20(19)21(28)29-3/h4-5,9,13,15,24H,6-8,10-12H2,1-3H3,(H,25,27). The van der Waals surface area contributed by atoms with Gasteiger partial charge in [0.25, 0.3) is 0 Å². The summed E-state index contributed by atoms with van der Waals surface area (Å²) in [6.07, 6.45) is 4.10. The van der Waals surface area contributed by atoms with Gasteiger partial charge in [-0.1, -0.05) is 25.4 Å². The van der Waals surface area contributed by atoms with E-state index < -0.39 is 5.97 Å². The number of nitrogens with one attached hydrogen (secondary N) is 2. The van der Waals surface area contributed by atoms with Crippen LogP contribution in [0.3, 0.4) is 0 Å². The number of ether oxygens (including phenoxy) is 1. The van der Waals surface area contributed by atoms with Gasteiger partial charge in [-0.15, -0.1) is 0 Å². The summed E-state index contributed by atoms with van der Waals surface area (Å²) in [7, 11) is 1.32. The van der Waals surface area contributed by atoms with E-state index in [2.05, 4.69) is 29.0 Å². The Morgan fingerprint density at radius 3 is 2.90 bits per heavy atom. The molecule has 2 fully saturated rings. The monoisotopic (exact) mass is 417 g/mol. The van der Waals surface area contributed by atoms with Crippen LogP contribution in [-0.4, -0.2) is 48.0 Å². The van der Waals surface area contributed by atoms with E-state index in [1.54, 1.807) is 18.2 Å². The summed E-state index contributed by atoms with van der Waals surface area (Å²) in [4.78, 5) is 30.4. The van der Waals surface area contributed by atoms with E-state index >= 15 is 0 Å². The maximum absolute atomic E-state index is 12.7. The van der Waals surface area contributed by atoms with Crippen molar-refractivity contribution in [3.63, 3.8) is 0 Å². The van der Waals surface area contributed by atoms with Gasteiger partial charge >= 0.3 is 5.97 Å². The fourth-order valence-electron chi connectivity index (χ4n) is 5.22. The van der Waals surface area contributed by atoms with Crippen molar-refractivity contribution < 1.29 is 14.3 Å². The topological polar surface area (TPSA) is 74.4 Å². The number of carbonyl (C=O) groups is 2. The Morgan fingerprint density at radius 2 is 2.14 bits per heavy atom. The number of carbonyl (C=O) groups excluding carboxylic acids is 2. The lowest BCUT2D eigenvalue weighted by Gasteiger charge is -2.35. The van der Waals surface area contributed by atoms with Gasteiger partial charge in [0.2, 0.25) is 5.91 Å². The van der Waals surface area contributed by atoms with E-state index in [-0.39, 0.29) is 11.6 Å². The molecule has 1 amide bonds. The van der Waals surface area contributed by atoms with Crippen LogP contribution in [0.4, 0.5) is 5.69 Å². The molecule has 2 bridgehead atoms. The summed E-state index contributed by atoms with van der Waals surface area (Å²) >= 11 is 6.12. The molecule has 1 aliphatic heterocycles. The lowest BCUT2D eigenvalue weighted by molar-refractivity contribution is -0.116. The highest BCUT2D eigenvalue weighted by Gasteiger charge is 2.42. The van der Waals surface area contributed by atoms with Gasteiger partial charge in [-0.05, 0) is 48.8 Å². The molecule has 4 rings (SSSR count). The molecule has 1 saturated heterocycles. The molecular weight excluding hydrogens is 390 g/mol. The number of methoxy groups -OCH3 is 1. The molecule has 2 unspecified atom stereocenters. The van der Waals surface area contributed by atoms with Crippen molar-refractivity contribution in [2.45, 2.75) is 45.6 Å². The van der Waals surface area contributed by atoms with Crippen LogP contribution in [0.1, 0.15) is 50.0 Å². The summed E-state index contributed by atoms with van der Waals surface area (Å²) in [5.74, 6) is 0.105. The zero-order valence-electron chi connectivity index (χ0n) is 17.2. The van der Waals surface area contributed by atoms with Crippen molar-refractivity contribution in [1.82, 2.24) is 9.88 Å². The third kappa shape index (κ3) is 4.14. The summed E-state index contributed by atoms with van der Waals surface area (Å²) in [6, 6.07) is 5.83. The summed E-state index contributed by atoms with van der Waals surface area (Å²) < 4.78 is 4.86. The molecule has 1 aromatic carbocycles. The number of amides is 1. The van der Waals surface area contributed by atoms with Crippen LogP contribution in [0.5, 0.6) is 0 Å². The molecule has 7 heteroatoms. The van der Waals surface area contributed by atoms with Crippen LogP contribution in [0, 0.1) is 11.3 Å². The summed E-state index contributed by atoms with van der Waals surface area (Å²) in [5, 5.41) is 4.16. The molecule has 0 radical (unpaired) electrons. The predicted octanol–water partition coefficient (Wildman–Crippen LogP) is 4.45. The SMILES string of the molecule is COC(=O)c1[nH]c2ccc(Cl)cc2c1NC(=O)CCN1CC2CC1CC(C)(C)C2. The molecule has 2 aliphatic rings. The Bertz CT molecular complexity index is 952. The molecule has 2 heterocycles. The van der Waals surface area contributed by atoms with E-state index in [1.807, 2.05) is 0 Å². The molecule has 156 valence electrons. The molecule has 1 aliphatic carbocycles. The van der Waals surface area contributed by atoms with Crippen LogP contribution >= 0.6 is 11.6 Å². The van der Waals surface area contributed by atoms with Gasteiger partial charge in [-0.3, -0.25) is 9.69 Å². The van der Waals surface area contributed by atoms with E-state index in [9.17, 15) is 9.59 Å². The minimum absolute atomic E-state index is 0.114. The molecule has 29 heavy (non-hydrogen) atoms. The highest BCUT2D eigenvalue weighted by atomic mass is 35.5. The van der Waals surface area contributed by atoms with Gasteiger partial charge in [0.05, 0.1) is 12.8 Å². The number of aromatic nitrogens is 1. The Balaban J connectivity index is 1.47. The average Bonchev–Trinajstić information content (AvgIpc) is 3.15. The van der Waals surface area contributed by atoms with Gasteiger partial charge in [-0.25, -0.2) is 4.79 Å². The first-order chi connectivity index (χ1) is 13.8. The van der Waals surface area contributed by atoms with Crippen LogP contribution in [0.2, 0.25) is 5.02 Å². The largest absolute Gasteiger partial charge is 0.464 e. The van der Waals surface area contributed by atoms with Crippen molar-refractivity contribution in [3.05, 3.63) is 28.9 Å². The van der Waals surface area contributed by atoms with Crippen molar-refractivity contribution in [2.24, 2.45) is 11.3 Å². The maximum Gasteiger partial charge on any atom is 0.356 e. The third-order valence-electron chi connectivity index (χ3n) is 6.28. The molecule has 2 atom stereocenters. The zero-order chi connectivity index (χ0) is 20.8. The van der Waals surface area contributed by atoms with Gasteiger partial charge < -0.3 is 15.0 Å². The van der Waals surface area contributed by atoms with Crippen LogP contribution in [-0.2, 0) is 9.53 Å². The van der Waals surface area contributed by atoms with Crippen molar-refractivity contribution >= 4 is 40.1 Å². The Kier molecular flexibility index (Phi) is 5.34. The number of rotatable bonds is 5. The van der Waals surface area contributed by atoms with E-state index in [0.29, 0.717) is 34.0 Å². The van der Waals surface area contributed by atoms with Gasteiger partial charge in [0, 0.05) is 41.5 Å². The number of hydrogen-bond acceptors (Lipinski definition) is 4. The number of benzene rings is 1. The lowest BCUT2D eigenvalue weighted by atomic mass is 9.72. The maximum atomic E-state index is 12.7. The molecule has 6 nitrogen and oxygen atoms in total. The molecular formula is C22H28ClN3O3.